The Morgan fingerprint density at radius 2 is 2.13 bits per heavy atom. The highest BCUT2D eigenvalue weighted by Gasteiger charge is 2.19. The molecular formula is C17H19N3O2S. The molecule has 0 aliphatic rings. The molecule has 0 fully saturated rings. The lowest BCUT2D eigenvalue weighted by atomic mass is 10.0. The third-order valence-corrected chi connectivity index (χ3v) is 4.92. The predicted molar refractivity (Wildman–Crippen MR) is 92.7 cm³/mol. The van der Waals surface area contributed by atoms with Crippen LogP contribution in [0.15, 0.2) is 40.5 Å². The molecule has 0 spiro atoms. The molecule has 3 rings (SSSR count). The lowest BCUT2D eigenvalue weighted by molar-refractivity contribution is 0.139. The van der Waals surface area contributed by atoms with Crippen molar-refractivity contribution < 1.29 is 5.11 Å². The highest BCUT2D eigenvalue weighted by molar-refractivity contribution is 7.17. The van der Waals surface area contributed by atoms with Crippen molar-refractivity contribution in [3.63, 3.8) is 0 Å². The Kier molecular flexibility index (Phi) is 4.56. The van der Waals surface area contributed by atoms with Crippen LogP contribution in [-0.2, 0) is 6.54 Å². The van der Waals surface area contributed by atoms with Crippen molar-refractivity contribution in [3.05, 3.63) is 63.0 Å². The van der Waals surface area contributed by atoms with Gasteiger partial charge in [-0.25, -0.2) is 4.98 Å². The fourth-order valence-electron chi connectivity index (χ4n) is 2.78. The summed E-state index contributed by atoms with van der Waals surface area (Å²) in [6.45, 7) is 2.50. The lowest BCUT2D eigenvalue weighted by Crippen LogP contribution is -2.29. The zero-order valence-corrected chi connectivity index (χ0v) is 13.9. The van der Waals surface area contributed by atoms with Crippen LogP contribution in [0.25, 0.3) is 10.2 Å². The number of aromatic amines is 1. The molecule has 0 saturated heterocycles. The molecule has 6 heteroatoms. The van der Waals surface area contributed by atoms with Crippen LogP contribution in [0.3, 0.4) is 0 Å². The number of H-pyrrole nitrogens is 1. The quantitative estimate of drug-likeness (QED) is 0.754. The maximum Gasteiger partial charge on any atom is 0.268 e. The summed E-state index contributed by atoms with van der Waals surface area (Å²) in [7, 11) is 1.92. The molecule has 0 saturated carbocycles. The molecule has 0 bridgehead atoms. The van der Waals surface area contributed by atoms with Crippen LogP contribution in [0.2, 0.25) is 0 Å². The van der Waals surface area contributed by atoms with Gasteiger partial charge >= 0.3 is 0 Å². The molecule has 120 valence electrons. The van der Waals surface area contributed by atoms with Crippen LogP contribution in [0.5, 0.6) is 0 Å². The van der Waals surface area contributed by atoms with Gasteiger partial charge in [0.05, 0.1) is 24.7 Å². The Morgan fingerprint density at radius 3 is 2.87 bits per heavy atom. The number of aliphatic hydroxyl groups is 1. The topological polar surface area (TPSA) is 69.2 Å². The van der Waals surface area contributed by atoms with Crippen molar-refractivity contribution in [2.24, 2.45) is 0 Å². The number of benzene rings is 1. The molecule has 1 unspecified atom stereocenters. The standard InChI is InChI=1S/C17H19N3O2S/c1-11-5-3-4-6-12(11)14(10-21)20(2)9-15-18-13-7-8-23-16(13)17(22)19-15/h3-8,14,21H,9-10H2,1-2H3,(H,18,19,22). The van der Waals surface area contributed by atoms with Crippen molar-refractivity contribution in [3.8, 4) is 0 Å². The molecule has 23 heavy (non-hydrogen) atoms. The Hall–Kier alpha value is -2.02. The molecular weight excluding hydrogens is 310 g/mol. The molecule has 2 heterocycles. The summed E-state index contributed by atoms with van der Waals surface area (Å²) in [4.78, 5) is 21.4. The monoisotopic (exact) mass is 329 g/mol. The van der Waals surface area contributed by atoms with Gasteiger partial charge < -0.3 is 10.1 Å². The average molecular weight is 329 g/mol. The van der Waals surface area contributed by atoms with Crippen molar-refractivity contribution in [1.82, 2.24) is 14.9 Å². The second kappa shape index (κ2) is 6.62. The first kappa shape index (κ1) is 15.9. The minimum absolute atomic E-state index is 0.00623. The second-order valence-corrected chi connectivity index (χ2v) is 6.53. The van der Waals surface area contributed by atoms with E-state index in [0.29, 0.717) is 17.1 Å². The maximum absolute atomic E-state index is 12.1. The van der Waals surface area contributed by atoms with Gasteiger partial charge in [0.2, 0.25) is 0 Å². The summed E-state index contributed by atoms with van der Waals surface area (Å²) in [5.41, 5.74) is 2.83. The molecule has 2 N–H and O–H groups in total. The number of aliphatic hydroxyl groups excluding tert-OH is 1. The smallest absolute Gasteiger partial charge is 0.268 e. The van der Waals surface area contributed by atoms with Gasteiger partial charge in [-0.1, -0.05) is 24.3 Å². The van der Waals surface area contributed by atoms with E-state index < -0.39 is 0 Å². The summed E-state index contributed by atoms with van der Waals surface area (Å²) in [6, 6.07) is 9.71. The van der Waals surface area contributed by atoms with Gasteiger partial charge in [0.1, 0.15) is 10.5 Å². The highest BCUT2D eigenvalue weighted by Crippen LogP contribution is 2.23. The average Bonchev–Trinajstić information content (AvgIpc) is 2.99. The van der Waals surface area contributed by atoms with Crippen LogP contribution >= 0.6 is 11.3 Å². The Morgan fingerprint density at radius 1 is 1.35 bits per heavy atom. The first-order valence-corrected chi connectivity index (χ1v) is 8.31. The summed E-state index contributed by atoms with van der Waals surface area (Å²) >= 11 is 1.39. The highest BCUT2D eigenvalue weighted by atomic mass is 32.1. The number of fused-ring (bicyclic) bond motifs is 1. The molecule has 0 amide bonds. The van der Waals surface area contributed by atoms with Crippen molar-refractivity contribution in [2.75, 3.05) is 13.7 Å². The zero-order valence-electron chi connectivity index (χ0n) is 13.1. The lowest BCUT2D eigenvalue weighted by Gasteiger charge is -2.27. The second-order valence-electron chi connectivity index (χ2n) is 5.62. The molecule has 0 radical (unpaired) electrons. The molecule has 1 atom stereocenters. The van der Waals surface area contributed by atoms with E-state index in [1.54, 1.807) is 0 Å². The number of hydrogen-bond acceptors (Lipinski definition) is 5. The molecule has 5 nitrogen and oxygen atoms in total. The first-order valence-electron chi connectivity index (χ1n) is 7.43. The number of nitrogens with one attached hydrogen (secondary N) is 1. The van der Waals surface area contributed by atoms with Gasteiger partial charge in [-0.05, 0) is 36.5 Å². The molecule has 0 aliphatic heterocycles. The van der Waals surface area contributed by atoms with Gasteiger partial charge in [0.15, 0.2) is 0 Å². The maximum atomic E-state index is 12.1. The van der Waals surface area contributed by atoms with Gasteiger partial charge in [-0.2, -0.15) is 0 Å². The summed E-state index contributed by atoms with van der Waals surface area (Å²) in [6.07, 6.45) is 0. The van der Waals surface area contributed by atoms with Crippen LogP contribution in [0.1, 0.15) is 23.0 Å². The molecule has 1 aromatic carbocycles. The molecule has 2 aromatic heterocycles. The van der Waals surface area contributed by atoms with Gasteiger partial charge in [-0.15, -0.1) is 11.3 Å². The van der Waals surface area contributed by atoms with E-state index in [1.807, 2.05) is 54.6 Å². The van der Waals surface area contributed by atoms with Crippen LogP contribution < -0.4 is 5.56 Å². The minimum Gasteiger partial charge on any atom is -0.394 e. The van der Waals surface area contributed by atoms with E-state index in [2.05, 4.69) is 9.97 Å². The number of hydrogen-bond donors (Lipinski definition) is 2. The number of aryl methyl sites for hydroxylation is 1. The van der Waals surface area contributed by atoms with Crippen molar-refractivity contribution in [1.29, 1.82) is 0 Å². The SMILES string of the molecule is Cc1ccccc1C(CO)N(C)Cc1nc2ccsc2c(=O)[nH]1. The Bertz CT molecular complexity index is 871. The minimum atomic E-state index is -0.139. The number of aromatic nitrogens is 2. The normalized spacial score (nSPS) is 12.9. The third-order valence-electron chi connectivity index (χ3n) is 4.02. The number of likely N-dealkylation sites (N-methyl/N-ethyl adjacent to an activating group) is 1. The number of rotatable bonds is 5. The molecule has 0 aliphatic carbocycles. The number of nitrogens with zero attached hydrogens (tertiary/aromatic N) is 2. The largest absolute Gasteiger partial charge is 0.394 e. The number of thiophene rings is 1. The van der Waals surface area contributed by atoms with E-state index in [0.717, 1.165) is 16.6 Å². The van der Waals surface area contributed by atoms with E-state index in [-0.39, 0.29) is 18.2 Å². The fraction of sp³-hybridized carbons (Fsp3) is 0.294. The van der Waals surface area contributed by atoms with E-state index >= 15 is 0 Å². The summed E-state index contributed by atoms with van der Waals surface area (Å²) < 4.78 is 0.647. The van der Waals surface area contributed by atoms with Crippen molar-refractivity contribution in [2.45, 2.75) is 19.5 Å². The van der Waals surface area contributed by atoms with Crippen molar-refractivity contribution >= 4 is 21.6 Å². The van der Waals surface area contributed by atoms with Gasteiger partial charge in [0, 0.05) is 0 Å². The predicted octanol–water partition coefficient (Wildman–Crippen LogP) is 2.46. The van der Waals surface area contributed by atoms with Gasteiger partial charge in [-0.3, -0.25) is 9.69 Å². The van der Waals surface area contributed by atoms with Crippen LogP contribution in [0.4, 0.5) is 0 Å². The zero-order chi connectivity index (χ0) is 16.4. The summed E-state index contributed by atoms with van der Waals surface area (Å²) in [5.74, 6) is 0.607. The van der Waals surface area contributed by atoms with Crippen LogP contribution in [-0.4, -0.2) is 33.6 Å². The fourth-order valence-corrected chi connectivity index (χ4v) is 3.50. The third kappa shape index (κ3) is 3.19. The van der Waals surface area contributed by atoms with E-state index in [1.165, 1.54) is 11.3 Å². The summed E-state index contributed by atoms with van der Waals surface area (Å²) in [5, 5.41) is 11.7. The molecule has 3 aromatic rings. The van der Waals surface area contributed by atoms with Crippen LogP contribution in [0, 0.1) is 6.92 Å². The first-order chi connectivity index (χ1) is 11.1. The Labute approximate surface area is 138 Å². The Balaban J connectivity index is 1.88. The van der Waals surface area contributed by atoms with E-state index in [9.17, 15) is 9.90 Å². The van der Waals surface area contributed by atoms with E-state index in [4.69, 9.17) is 0 Å². The van der Waals surface area contributed by atoms with Gasteiger partial charge in [0.25, 0.3) is 5.56 Å².